The maximum Gasteiger partial charge on any atom is 0.261 e. The van der Waals surface area contributed by atoms with Crippen LogP contribution in [0.2, 0.25) is 0 Å². The lowest BCUT2D eigenvalue weighted by Crippen LogP contribution is -2.37. The summed E-state index contributed by atoms with van der Waals surface area (Å²) >= 11 is 0. The van der Waals surface area contributed by atoms with Crippen LogP contribution >= 0.6 is 0 Å². The first-order valence-electron chi connectivity index (χ1n) is 7.18. The number of rotatable bonds is 2. The second-order valence-electron chi connectivity index (χ2n) is 5.59. The molecule has 112 valence electrons. The largest absolute Gasteiger partial charge is 0.334 e. The molecule has 0 aliphatic heterocycles. The third kappa shape index (κ3) is 2.68. The molecule has 1 aliphatic carbocycles. The molecule has 6 heteroatoms. The van der Waals surface area contributed by atoms with Crippen LogP contribution in [0.4, 0.5) is 8.78 Å². The van der Waals surface area contributed by atoms with Gasteiger partial charge in [0.25, 0.3) is 5.89 Å². The molecule has 0 spiro atoms. The van der Waals surface area contributed by atoms with Gasteiger partial charge in [0.05, 0.1) is 11.1 Å². The van der Waals surface area contributed by atoms with Crippen molar-refractivity contribution >= 4 is 0 Å². The molecule has 0 bridgehead atoms. The molecular weight excluding hydrogens is 276 g/mol. The highest BCUT2D eigenvalue weighted by molar-refractivity contribution is 5.53. The summed E-state index contributed by atoms with van der Waals surface area (Å²) in [6.45, 7) is 0. The number of halogens is 2. The van der Waals surface area contributed by atoms with Gasteiger partial charge in [-0.05, 0) is 25.0 Å². The zero-order valence-corrected chi connectivity index (χ0v) is 11.6. The normalized spacial score (nSPS) is 18.4. The Bertz CT molecular complexity index is 634. The van der Waals surface area contributed by atoms with Crippen molar-refractivity contribution < 1.29 is 13.3 Å². The number of aromatic nitrogens is 2. The summed E-state index contributed by atoms with van der Waals surface area (Å²) in [5.74, 6) is -1.58. The van der Waals surface area contributed by atoms with E-state index < -0.39 is 17.2 Å². The Balaban J connectivity index is 1.94. The van der Waals surface area contributed by atoms with Crippen molar-refractivity contribution in [2.45, 2.75) is 44.1 Å². The summed E-state index contributed by atoms with van der Waals surface area (Å²) in [6.07, 6.45) is 5.85. The maximum absolute atomic E-state index is 13.8. The lowest BCUT2D eigenvalue weighted by Gasteiger charge is -2.23. The SMILES string of the molecule is NC1(c2noc(-c3cccc(F)c3F)n2)CCCCCC1. The van der Waals surface area contributed by atoms with Gasteiger partial charge in [0.1, 0.15) is 0 Å². The first kappa shape index (κ1) is 14.1. The van der Waals surface area contributed by atoms with Crippen LogP contribution in [0.15, 0.2) is 22.7 Å². The second kappa shape index (κ2) is 5.52. The van der Waals surface area contributed by atoms with Crippen LogP contribution in [-0.4, -0.2) is 10.1 Å². The van der Waals surface area contributed by atoms with Crippen molar-refractivity contribution in [1.29, 1.82) is 0 Å². The number of hydrogen-bond donors (Lipinski definition) is 1. The molecule has 2 aromatic rings. The second-order valence-corrected chi connectivity index (χ2v) is 5.59. The molecule has 0 saturated heterocycles. The van der Waals surface area contributed by atoms with Crippen LogP contribution in [0.5, 0.6) is 0 Å². The zero-order chi connectivity index (χ0) is 14.9. The molecule has 0 radical (unpaired) electrons. The van der Waals surface area contributed by atoms with E-state index in [1.54, 1.807) is 0 Å². The Morgan fingerprint density at radius 2 is 1.81 bits per heavy atom. The molecule has 21 heavy (non-hydrogen) atoms. The average Bonchev–Trinajstić information content (AvgIpc) is 2.86. The first-order chi connectivity index (χ1) is 10.1. The van der Waals surface area contributed by atoms with Crippen molar-refractivity contribution in [1.82, 2.24) is 10.1 Å². The fourth-order valence-electron chi connectivity index (χ4n) is 2.79. The van der Waals surface area contributed by atoms with E-state index in [-0.39, 0.29) is 11.5 Å². The minimum atomic E-state index is -0.986. The van der Waals surface area contributed by atoms with E-state index in [0.29, 0.717) is 5.82 Å². The Morgan fingerprint density at radius 3 is 2.52 bits per heavy atom. The monoisotopic (exact) mass is 293 g/mol. The van der Waals surface area contributed by atoms with Crippen LogP contribution in [0.3, 0.4) is 0 Å². The summed E-state index contributed by atoms with van der Waals surface area (Å²) in [6, 6.07) is 3.86. The molecule has 1 aliphatic rings. The van der Waals surface area contributed by atoms with E-state index in [4.69, 9.17) is 10.3 Å². The highest BCUT2D eigenvalue weighted by Crippen LogP contribution is 2.33. The number of nitrogens with zero attached hydrogens (tertiary/aromatic N) is 2. The molecule has 1 heterocycles. The van der Waals surface area contributed by atoms with E-state index in [2.05, 4.69) is 10.1 Å². The van der Waals surface area contributed by atoms with Crippen molar-refractivity contribution in [2.75, 3.05) is 0 Å². The summed E-state index contributed by atoms with van der Waals surface area (Å²) in [4.78, 5) is 4.21. The van der Waals surface area contributed by atoms with Crippen LogP contribution in [0, 0.1) is 11.6 Å². The Morgan fingerprint density at radius 1 is 1.10 bits per heavy atom. The van der Waals surface area contributed by atoms with Gasteiger partial charge >= 0.3 is 0 Å². The topological polar surface area (TPSA) is 64.9 Å². The van der Waals surface area contributed by atoms with Crippen molar-refractivity contribution in [3.63, 3.8) is 0 Å². The molecule has 1 aromatic carbocycles. The van der Waals surface area contributed by atoms with Gasteiger partial charge < -0.3 is 10.3 Å². The summed E-state index contributed by atoms with van der Waals surface area (Å²) < 4.78 is 32.1. The molecule has 0 unspecified atom stereocenters. The Kier molecular flexibility index (Phi) is 3.71. The van der Waals surface area contributed by atoms with Crippen LogP contribution < -0.4 is 5.73 Å². The van der Waals surface area contributed by atoms with Gasteiger partial charge in [-0.15, -0.1) is 0 Å². The van der Waals surface area contributed by atoms with E-state index in [1.807, 2.05) is 0 Å². The Hall–Kier alpha value is -1.82. The molecular formula is C15H17F2N3O. The van der Waals surface area contributed by atoms with Gasteiger partial charge in [-0.25, -0.2) is 8.78 Å². The fraction of sp³-hybridized carbons (Fsp3) is 0.467. The quantitative estimate of drug-likeness (QED) is 0.860. The minimum Gasteiger partial charge on any atom is -0.334 e. The third-order valence-electron chi connectivity index (χ3n) is 4.05. The van der Waals surface area contributed by atoms with Gasteiger partial charge in [0.2, 0.25) is 0 Å². The van der Waals surface area contributed by atoms with Gasteiger partial charge in [0.15, 0.2) is 17.5 Å². The van der Waals surface area contributed by atoms with Gasteiger partial charge in [-0.3, -0.25) is 0 Å². The fourth-order valence-corrected chi connectivity index (χ4v) is 2.79. The number of nitrogens with two attached hydrogens (primary N) is 1. The molecule has 0 amide bonds. The van der Waals surface area contributed by atoms with Crippen LogP contribution in [0.1, 0.15) is 44.3 Å². The van der Waals surface area contributed by atoms with E-state index in [1.165, 1.54) is 12.1 Å². The molecule has 0 atom stereocenters. The molecule has 1 fully saturated rings. The molecule has 1 saturated carbocycles. The van der Waals surface area contributed by atoms with Crippen molar-refractivity contribution in [3.8, 4) is 11.5 Å². The van der Waals surface area contributed by atoms with Gasteiger partial charge in [-0.2, -0.15) is 4.98 Å². The highest BCUT2D eigenvalue weighted by Gasteiger charge is 2.33. The number of benzene rings is 1. The zero-order valence-electron chi connectivity index (χ0n) is 11.6. The van der Waals surface area contributed by atoms with Gasteiger partial charge in [-0.1, -0.05) is 36.9 Å². The number of hydrogen-bond acceptors (Lipinski definition) is 4. The van der Waals surface area contributed by atoms with E-state index in [9.17, 15) is 8.78 Å². The van der Waals surface area contributed by atoms with Crippen LogP contribution in [-0.2, 0) is 5.54 Å². The minimum absolute atomic E-state index is 0.0314. The summed E-state index contributed by atoms with van der Waals surface area (Å²) in [5.41, 5.74) is 5.71. The third-order valence-corrected chi connectivity index (χ3v) is 4.05. The van der Waals surface area contributed by atoms with Crippen molar-refractivity contribution in [2.24, 2.45) is 5.73 Å². The molecule has 4 nitrogen and oxygen atoms in total. The molecule has 1 aromatic heterocycles. The molecule has 2 N–H and O–H groups in total. The Labute approximate surface area is 121 Å². The van der Waals surface area contributed by atoms with Crippen molar-refractivity contribution in [3.05, 3.63) is 35.7 Å². The predicted molar refractivity (Wildman–Crippen MR) is 73.2 cm³/mol. The molecule has 3 rings (SSSR count). The lowest BCUT2D eigenvalue weighted by molar-refractivity contribution is 0.334. The first-order valence-corrected chi connectivity index (χ1v) is 7.18. The maximum atomic E-state index is 13.8. The van der Waals surface area contributed by atoms with E-state index >= 15 is 0 Å². The highest BCUT2D eigenvalue weighted by atomic mass is 19.2. The standard InChI is InChI=1S/C15H17F2N3O/c16-11-7-5-6-10(12(11)17)13-19-14(20-21-13)15(18)8-3-1-2-4-9-15/h5-7H,1-4,8-9,18H2. The summed E-state index contributed by atoms with van der Waals surface area (Å²) in [7, 11) is 0. The average molecular weight is 293 g/mol. The van der Waals surface area contributed by atoms with E-state index in [0.717, 1.165) is 44.6 Å². The summed E-state index contributed by atoms with van der Waals surface area (Å²) in [5, 5.41) is 3.90. The lowest BCUT2D eigenvalue weighted by atomic mass is 9.91. The van der Waals surface area contributed by atoms with Gasteiger partial charge in [0, 0.05) is 0 Å². The predicted octanol–water partition coefficient (Wildman–Crippen LogP) is 3.52. The smallest absolute Gasteiger partial charge is 0.261 e. The van der Waals surface area contributed by atoms with Crippen LogP contribution in [0.25, 0.3) is 11.5 Å².